The molecule has 0 atom stereocenters. The Morgan fingerprint density at radius 2 is 1.41 bits per heavy atom. The van der Waals surface area contributed by atoms with Gasteiger partial charge in [0.2, 0.25) is 0 Å². The Bertz CT molecular complexity index is 469. The SMILES string of the molecule is Cc1ccc(C(C)(C)Sc2ccccc2)cc1. The van der Waals surface area contributed by atoms with E-state index in [2.05, 4.69) is 75.4 Å². The highest BCUT2D eigenvalue weighted by Gasteiger charge is 2.21. The van der Waals surface area contributed by atoms with E-state index < -0.39 is 0 Å². The Morgan fingerprint density at radius 1 is 0.824 bits per heavy atom. The quantitative estimate of drug-likeness (QED) is 0.681. The predicted octanol–water partition coefficient (Wildman–Crippen LogP) is 5.02. The molecule has 0 unspecified atom stereocenters. The largest absolute Gasteiger partial charge is 0.115 e. The molecule has 0 heterocycles. The molecule has 2 rings (SSSR count). The van der Waals surface area contributed by atoms with Gasteiger partial charge in [0.15, 0.2) is 0 Å². The molecule has 0 amide bonds. The van der Waals surface area contributed by atoms with Gasteiger partial charge in [-0.1, -0.05) is 48.0 Å². The highest BCUT2D eigenvalue weighted by atomic mass is 32.2. The van der Waals surface area contributed by atoms with Crippen LogP contribution in [0.1, 0.15) is 25.0 Å². The van der Waals surface area contributed by atoms with E-state index in [4.69, 9.17) is 0 Å². The maximum atomic E-state index is 2.27. The second-order valence-electron chi connectivity index (χ2n) is 4.79. The molecule has 0 nitrogen and oxygen atoms in total. The van der Waals surface area contributed by atoms with E-state index in [0.717, 1.165) is 0 Å². The lowest BCUT2D eigenvalue weighted by Gasteiger charge is -2.24. The maximum Gasteiger partial charge on any atom is 0.0399 e. The lowest BCUT2D eigenvalue weighted by Crippen LogP contribution is -2.11. The van der Waals surface area contributed by atoms with Crippen LogP contribution in [0.2, 0.25) is 0 Å². The summed E-state index contributed by atoms with van der Waals surface area (Å²) in [6.07, 6.45) is 0. The lowest BCUT2D eigenvalue weighted by molar-refractivity contribution is 0.781. The summed E-state index contributed by atoms with van der Waals surface area (Å²) in [6, 6.07) is 19.4. The zero-order chi connectivity index (χ0) is 12.3. The lowest BCUT2D eigenvalue weighted by atomic mass is 10.0. The number of rotatable bonds is 3. The summed E-state index contributed by atoms with van der Waals surface area (Å²) in [5.41, 5.74) is 2.69. The Morgan fingerprint density at radius 3 is 2.00 bits per heavy atom. The first-order valence-electron chi connectivity index (χ1n) is 5.89. The third kappa shape index (κ3) is 3.13. The number of thioether (sulfide) groups is 1. The predicted molar refractivity (Wildman–Crippen MR) is 76.5 cm³/mol. The fraction of sp³-hybridized carbons (Fsp3) is 0.250. The van der Waals surface area contributed by atoms with Crippen molar-refractivity contribution >= 4 is 11.8 Å². The van der Waals surface area contributed by atoms with Crippen LogP contribution in [0.3, 0.4) is 0 Å². The Hall–Kier alpha value is -1.21. The van der Waals surface area contributed by atoms with E-state index in [0.29, 0.717) is 0 Å². The van der Waals surface area contributed by atoms with Gasteiger partial charge in [-0.25, -0.2) is 0 Å². The van der Waals surface area contributed by atoms with Gasteiger partial charge < -0.3 is 0 Å². The van der Waals surface area contributed by atoms with Crippen LogP contribution in [0.5, 0.6) is 0 Å². The maximum absolute atomic E-state index is 2.27. The van der Waals surface area contributed by atoms with E-state index in [9.17, 15) is 0 Å². The van der Waals surface area contributed by atoms with Crippen LogP contribution in [0.25, 0.3) is 0 Å². The van der Waals surface area contributed by atoms with Crippen LogP contribution in [-0.2, 0) is 4.75 Å². The van der Waals surface area contributed by atoms with E-state index in [1.807, 2.05) is 11.8 Å². The van der Waals surface area contributed by atoms with Gasteiger partial charge in [-0.15, -0.1) is 11.8 Å². The molecule has 0 fully saturated rings. The van der Waals surface area contributed by atoms with E-state index in [1.165, 1.54) is 16.0 Å². The van der Waals surface area contributed by atoms with Crippen LogP contribution in [0.4, 0.5) is 0 Å². The smallest absolute Gasteiger partial charge is 0.0399 e. The average Bonchev–Trinajstić information content (AvgIpc) is 2.30. The highest BCUT2D eigenvalue weighted by Crippen LogP contribution is 2.40. The molecule has 17 heavy (non-hydrogen) atoms. The summed E-state index contributed by atoms with van der Waals surface area (Å²) in [7, 11) is 0. The molecule has 0 aliphatic carbocycles. The van der Waals surface area contributed by atoms with Crippen molar-refractivity contribution in [2.24, 2.45) is 0 Å². The van der Waals surface area contributed by atoms with Crippen molar-refractivity contribution in [3.05, 3.63) is 65.7 Å². The monoisotopic (exact) mass is 242 g/mol. The number of hydrogen-bond acceptors (Lipinski definition) is 1. The summed E-state index contributed by atoms with van der Waals surface area (Å²) >= 11 is 1.90. The molecule has 0 spiro atoms. The number of benzene rings is 2. The standard InChI is InChI=1S/C16H18S/c1-13-9-11-14(12-10-13)16(2,3)17-15-7-5-4-6-8-15/h4-12H,1-3H3. The molecule has 88 valence electrons. The molecule has 0 aromatic heterocycles. The molecule has 0 N–H and O–H groups in total. The van der Waals surface area contributed by atoms with Gasteiger partial charge in [-0.3, -0.25) is 0 Å². The highest BCUT2D eigenvalue weighted by molar-refractivity contribution is 8.00. The van der Waals surface area contributed by atoms with E-state index in [1.54, 1.807) is 0 Å². The molecule has 0 aliphatic rings. The van der Waals surface area contributed by atoms with Crippen molar-refractivity contribution < 1.29 is 0 Å². The van der Waals surface area contributed by atoms with E-state index in [-0.39, 0.29) is 4.75 Å². The number of aryl methyl sites for hydroxylation is 1. The van der Waals surface area contributed by atoms with Crippen molar-refractivity contribution in [2.75, 3.05) is 0 Å². The minimum absolute atomic E-state index is 0.106. The van der Waals surface area contributed by atoms with Gasteiger partial charge in [-0.2, -0.15) is 0 Å². The summed E-state index contributed by atoms with van der Waals surface area (Å²) in [6.45, 7) is 6.67. The van der Waals surface area contributed by atoms with E-state index >= 15 is 0 Å². The van der Waals surface area contributed by atoms with Gasteiger partial charge in [0, 0.05) is 9.64 Å². The first-order chi connectivity index (χ1) is 8.08. The molecule has 2 aromatic rings. The fourth-order valence-electron chi connectivity index (χ4n) is 1.80. The third-order valence-electron chi connectivity index (χ3n) is 2.86. The topological polar surface area (TPSA) is 0 Å². The molecule has 2 aromatic carbocycles. The van der Waals surface area contributed by atoms with Gasteiger partial charge in [-0.05, 0) is 38.5 Å². The summed E-state index contributed by atoms with van der Waals surface area (Å²) in [4.78, 5) is 1.32. The number of hydrogen-bond donors (Lipinski definition) is 0. The van der Waals surface area contributed by atoms with Crippen LogP contribution < -0.4 is 0 Å². The normalized spacial score (nSPS) is 11.5. The summed E-state index contributed by atoms with van der Waals surface area (Å²) in [5, 5.41) is 0. The molecule has 0 bridgehead atoms. The molecule has 0 saturated heterocycles. The second kappa shape index (κ2) is 4.97. The molecule has 0 radical (unpaired) electrons. The van der Waals surface area contributed by atoms with Crippen LogP contribution >= 0.6 is 11.8 Å². The first kappa shape index (κ1) is 12.3. The third-order valence-corrected chi connectivity index (χ3v) is 4.12. The summed E-state index contributed by atoms with van der Waals surface area (Å²) < 4.78 is 0.106. The zero-order valence-electron chi connectivity index (χ0n) is 10.6. The van der Waals surface area contributed by atoms with Gasteiger partial charge >= 0.3 is 0 Å². The van der Waals surface area contributed by atoms with Gasteiger partial charge in [0.1, 0.15) is 0 Å². The van der Waals surface area contributed by atoms with Crippen molar-refractivity contribution in [1.29, 1.82) is 0 Å². The van der Waals surface area contributed by atoms with Crippen molar-refractivity contribution in [1.82, 2.24) is 0 Å². The molecule has 0 saturated carbocycles. The second-order valence-corrected chi connectivity index (χ2v) is 6.49. The zero-order valence-corrected chi connectivity index (χ0v) is 11.4. The van der Waals surface area contributed by atoms with Crippen molar-refractivity contribution in [3.63, 3.8) is 0 Å². The fourth-order valence-corrected chi connectivity index (χ4v) is 2.93. The summed E-state index contributed by atoms with van der Waals surface area (Å²) in [5.74, 6) is 0. The van der Waals surface area contributed by atoms with Crippen molar-refractivity contribution in [3.8, 4) is 0 Å². The van der Waals surface area contributed by atoms with Gasteiger partial charge in [0.25, 0.3) is 0 Å². The Labute approximate surface area is 108 Å². The molecule has 0 aliphatic heterocycles. The van der Waals surface area contributed by atoms with Crippen LogP contribution in [0, 0.1) is 6.92 Å². The van der Waals surface area contributed by atoms with Gasteiger partial charge in [0.05, 0.1) is 0 Å². The molecule has 1 heteroatoms. The first-order valence-corrected chi connectivity index (χ1v) is 6.71. The average molecular weight is 242 g/mol. The Kier molecular flexibility index (Phi) is 3.58. The minimum atomic E-state index is 0.106. The molecular weight excluding hydrogens is 224 g/mol. The minimum Gasteiger partial charge on any atom is -0.115 e. The molecular formula is C16H18S. The van der Waals surface area contributed by atoms with Crippen LogP contribution in [-0.4, -0.2) is 0 Å². The van der Waals surface area contributed by atoms with Crippen LogP contribution in [0.15, 0.2) is 59.5 Å². The Balaban J connectivity index is 2.21. The van der Waals surface area contributed by atoms with Crippen molar-refractivity contribution in [2.45, 2.75) is 30.4 Å².